The van der Waals surface area contributed by atoms with Gasteiger partial charge in [-0.25, -0.2) is 14.2 Å². The number of alkyl halides is 1. The summed E-state index contributed by atoms with van der Waals surface area (Å²) in [5, 5.41) is 46.7. The van der Waals surface area contributed by atoms with Crippen molar-refractivity contribution in [3.05, 3.63) is 53.2 Å². The minimum Gasteiger partial charge on any atom is -0.488 e. The van der Waals surface area contributed by atoms with Gasteiger partial charge in [0.25, 0.3) is 0 Å². The molecule has 0 aliphatic carbocycles. The Kier molecular flexibility index (Phi) is 12.9. The fraction of sp³-hybridized carbons (Fsp3) is 0.559. The molecule has 3 atom stereocenters. The summed E-state index contributed by atoms with van der Waals surface area (Å²) in [4.78, 5) is 48.9. The zero-order valence-electron chi connectivity index (χ0n) is 27.2. The van der Waals surface area contributed by atoms with Crippen LogP contribution < -0.4 is 10.1 Å². The van der Waals surface area contributed by atoms with Crippen molar-refractivity contribution in [2.24, 2.45) is 0 Å². The fourth-order valence-corrected chi connectivity index (χ4v) is 6.30. The van der Waals surface area contributed by atoms with Crippen LogP contribution in [0.5, 0.6) is 5.75 Å². The number of pyridine rings is 1. The van der Waals surface area contributed by atoms with E-state index >= 15 is 4.39 Å². The van der Waals surface area contributed by atoms with Crippen LogP contribution in [0, 0.1) is 0 Å². The molecule has 2 fully saturated rings. The highest BCUT2D eigenvalue weighted by molar-refractivity contribution is 5.88. The number of carboxylic acids is 4. The second-order valence-corrected chi connectivity index (χ2v) is 12.9. The lowest BCUT2D eigenvalue weighted by molar-refractivity contribution is -0.170. The quantitative estimate of drug-likeness (QED) is 0.159. The lowest BCUT2D eigenvalue weighted by atomic mass is 9.94. The third kappa shape index (κ3) is 11.4. The summed E-state index contributed by atoms with van der Waals surface area (Å²) in [6.07, 6.45) is 2.23. The Hall–Kier alpha value is -4.34. The van der Waals surface area contributed by atoms with E-state index in [2.05, 4.69) is 16.3 Å². The molecule has 1 aromatic heterocycles. The molecule has 268 valence electrons. The lowest BCUT2D eigenvalue weighted by Crippen LogP contribution is -2.42. The third-order valence-corrected chi connectivity index (χ3v) is 8.87. The van der Waals surface area contributed by atoms with Gasteiger partial charge in [-0.3, -0.25) is 19.3 Å². The number of carbonyl (C=O) groups is 4. The van der Waals surface area contributed by atoms with Gasteiger partial charge in [-0.15, -0.1) is 0 Å². The van der Waals surface area contributed by atoms with Crippen LogP contribution in [-0.2, 0) is 36.8 Å². The Balaban J connectivity index is 0.000000355. The number of aromatic nitrogens is 1. The number of fused-ring (bicyclic) bond motifs is 1. The molecule has 4 heterocycles. The van der Waals surface area contributed by atoms with Crippen molar-refractivity contribution in [3.63, 3.8) is 0 Å². The molecular formula is C34H44FN3O11. The number of aliphatic carboxylic acids is 4. The Morgan fingerprint density at radius 3 is 2.51 bits per heavy atom. The number of anilines is 1. The summed E-state index contributed by atoms with van der Waals surface area (Å²) in [6.45, 7) is 3.67. The van der Waals surface area contributed by atoms with Gasteiger partial charge in [-0.05, 0) is 61.4 Å². The first-order valence-corrected chi connectivity index (χ1v) is 16.3. The van der Waals surface area contributed by atoms with E-state index in [9.17, 15) is 24.3 Å². The maximum absolute atomic E-state index is 15.8. The van der Waals surface area contributed by atoms with Crippen molar-refractivity contribution in [2.75, 3.05) is 44.7 Å². The van der Waals surface area contributed by atoms with E-state index in [4.69, 9.17) is 34.9 Å². The minimum atomic E-state index is -2.74. The van der Waals surface area contributed by atoms with E-state index in [1.165, 1.54) is 5.56 Å². The molecule has 0 saturated carbocycles. The second-order valence-electron chi connectivity index (χ2n) is 12.9. The molecule has 1 aromatic carbocycles. The molecule has 14 nitrogen and oxygen atoms in total. The van der Waals surface area contributed by atoms with Crippen molar-refractivity contribution >= 4 is 29.7 Å². The third-order valence-electron chi connectivity index (χ3n) is 8.87. The monoisotopic (exact) mass is 689 g/mol. The van der Waals surface area contributed by atoms with Crippen LogP contribution in [0.2, 0.25) is 0 Å². The van der Waals surface area contributed by atoms with Gasteiger partial charge in [0.15, 0.2) is 5.60 Å². The first kappa shape index (κ1) is 37.5. The standard InChI is InChI=1S/C28H36FN3O4.C6H8O7/c29-28(10-8-23-7-6-20-4-2-12-30-27(20)31-23)11-13-32(19-28)17-22(16-26(33)34)21-3-1-5-24(15-21)36-25-9-14-35-18-25;7-3(8)1-6(13,5(11)12)2-4(9)10/h1,3,5-7,15,22,25H,2,4,8-14,16-19H2,(H,30,31)(H,33,34);13H,1-2H2,(H,7,8)(H,9,10)(H,11,12)/t22-,25+,28+;/m1./s1. The molecule has 2 aromatic rings. The first-order valence-electron chi connectivity index (χ1n) is 16.3. The molecule has 0 bridgehead atoms. The van der Waals surface area contributed by atoms with Crippen molar-refractivity contribution < 1.29 is 58.6 Å². The molecule has 0 radical (unpaired) electrons. The number of nitrogens with one attached hydrogen (secondary N) is 1. The highest BCUT2D eigenvalue weighted by Gasteiger charge is 2.41. The number of likely N-dealkylation sites (tertiary alicyclic amines) is 1. The van der Waals surface area contributed by atoms with Crippen LogP contribution >= 0.6 is 0 Å². The lowest BCUT2D eigenvalue weighted by Gasteiger charge is -2.25. The van der Waals surface area contributed by atoms with E-state index in [0.29, 0.717) is 52.1 Å². The van der Waals surface area contributed by atoms with Crippen LogP contribution in [0.1, 0.15) is 67.7 Å². The molecule has 3 aliphatic rings. The van der Waals surface area contributed by atoms with Crippen LogP contribution in [0.15, 0.2) is 36.4 Å². The van der Waals surface area contributed by atoms with Gasteiger partial charge >= 0.3 is 23.9 Å². The van der Waals surface area contributed by atoms with Crippen molar-refractivity contribution in [1.82, 2.24) is 9.88 Å². The molecule has 0 unspecified atom stereocenters. The van der Waals surface area contributed by atoms with E-state index in [1.807, 2.05) is 30.3 Å². The van der Waals surface area contributed by atoms with E-state index in [0.717, 1.165) is 48.6 Å². The Morgan fingerprint density at radius 2 is 1.86 bits per heavy atom. The van der Waals surface area contributed by atoms with Gasteiger partial charge in [0.1, 0.15) is 23.3 Å². The number of ether oxygens (including phenoxy) is 2. The molecule has 6 N–H and O–H groups in total. The van der Waals surface area contributed by atoms with Gasteiger partial charge in [0.2, 0.25) is 0 Å². The molecule has 2 saturated heterocycles. The smallest absolute Gasteiger partial charge is 0.336 e. The zero-order valence-corrected chi connectivity index (χ0v) is 27.2. The average molecular weight is 690 g/mol. The average Bonchev–Trinajstić information content (AvgIpc) is 3.68. The van der Waals surface area contributed by atoms with Crippen LogP contribution in [0.4, 0.5) is 10.2 Å². The number of aliphatic hydroxyl groups is 1. The predicted octanol–water partition coefficient (Wildman–Crippen LogP) is 2.96. The van der Waals surface area contributed by atoms with E-state index in [-0.39, 0.29) is 18.4 Å². The van der Waals surface area contributed by atoms with Gasteiger partial charge in [-0.2, -0.15) is 0 Å². The second kappa shape index (κ2) is 16.9. The van der Waals surface area contributed by atoms with Gasteiger partial charge in [0, 0.05) is 44.2 Å². The topological polar surface area (TPSA) is 216 Å². The SMILES string of the molecule is O=C(O)CC(O)(CC(=O)O)C(=O)O.O=C(O)C[C@H](CN1CC[C@@](F)(CCc2ccc3c(n2)NCCC3)C1)c1cccc(O[C@H]2CCOC2)c1. The van der Waals surface area contributed by atoms with Gasteiger partial charge in [-0.1, -0.05) is 18.2 Å². The number of rotatable bonds is 15. The van der Waals surface area contributed by atoms with Gasteiger partial charge < -0.3 is 40.3 Å². The number of nitrogens with zero attached hydrogens (tertiary/aromatic N) is 2. The summed E-state index contributed by atoms with van der Waals surface area (Å²) in [7, 11) is 0. The molecule has 0 spiro atoms. The summed E-state index contributed by atoms with van der Waals surface area (Å²) in [6, 6.07) is 11.8. The number of halogens is 1. The molecule has 5 rings (SSSR count). The predicted molar refractivity (Wildman–Crippen MR) is 173 cm³/mol. The first-order chi connectivity index (χ1) is 23.2. The van der Waals surface area contributed by atoms with E-state index in [1.54, 1.807) is 0 Å². The molecule has 0 amide bonds. The summed E-state index contributed by atoms with van der Waals surface area (Å²) >= 11 is 0. The minimum absolute atomic E-state index is 0.00216. The van der Waals surface area contributed by atoms with Crippen LogP contribution in [0.25, 0.3) is 0 Å². The molecule has 15 heteroatoms. The van der Waals surface area contributed by atoms with Gasteiger partial charge in [0.05, 0.1) is 32.5 Å². The largest absolute Gasteiger partial charge is 0.488 e. The number of aryl methyl sites for hydroxylation is 2. The Morgan fingerprint density at radius 1 is 1.10 bits per heavy atom. The summed E-state index contributed by atoms with van der Waals surface area (Å²) in [5.41, 5.74) is -0.950. The Bertz CT molecular complexity index is 1470. The molecule has 49 heavy (non-hydrogen) atoms. The van der Waals surface area contributed by atoms with Crippen molar-refractivity contribution in [3.8, 4) is 5.75 Å². The number of hydrogen-bond donors (Lipinski definition) is 6. The van der Waals surface area contributed by atoms with E-state index < -0.39 is 48.0 Å². The summed E-state index contributed by atoms with van der Waals surface area (Å²) < 4.78 is 27.2. The maximum Gasteiger partial charge on any atom is 0.336 e. The highest BCUT2D eigenvalue weighted by atomic mass is 19.1. The molecule has 3 aliphatic heterocycles. The number of benzene rings is 1. The fourth-order valence-electron chi connectivity index (χ4n) is 6.30. The molecular weight excluding hydrogens is 645 g/mol. The Labute approximate surface area is 282 Å². The normalized spacial score (nSPS) is 21.1. The van der Waals surface area contributed by atoms with Crippen LogP contribution in [-0.4, -0.2) is 116 Å². The van der Waals surface area contributed by atoms with Crippen molar-refractivity contribution in [2.45, 2.75) is 81.1 Å². The number of carboxylic acid groups (broad SMARTS) is 4. The van der Waals surface area contributed by atoms with Crippen molar-refractivity contribution in [1.29, 1.82) is 0 Å². The van der Waals surface area contributed by atoms with Crippen LogP contribution in [0.3, 0.4) is 0 Å². The summed E-state index contributed by atoms with van der Waals surface area (Å²) in [5.74, 6) is -4.43. The zero-order chi connectivity index (χ0) is 35.6. The highest BCUT2D eigenvalue weighted by Crippen LogP contribution is 2.34. The maximum atomic E-state index is 15.8. The number of hydrogen-bond acceptors (Lipinski definition) is 10.